The van der Waals surface area contributed by atoms with Gasteiger partial charge in [-0.2, -0.15) is 0 Å². The van der Waals surface area contributed by atoms with Crippen molar-refractivity contribution in [2.45, 2.75) is 30.6 Å². The molecule has 152 valence electrons. The Morgan fingerprint density at radius 2 is 1.83 bits per heavy atom. The van der Waals surface area contributed by atoms with Crippen molar-refractivity contribution < 1.29 is 17.6 Å². The molecule has 29 heavy (non-hydrogen) atoms. The van der Waals surface area contributed by atoms with E-state index in [1.807, 2.05) is 24.3 Å². The molecule has 0 saturated carbocycles. The number of benzene rings is 2. The van der Waals surface area contributed by atoms with E-state index in [0.29, 0.717) is 25.2 Å². The number of para-hydroxylation sites is 2. The highest BCUT2D eigenvalue weighted by Crippen LogP contribution is 2.30. The fourth-order valence-corrected chi connectivity index (χ4v) is 4.67. The molecule has 4 rings (SSSR count). The molecule has 3 aromatic rings. The second-order valence-electron chi connectivity index (χ2n) is 7.11. The van der Waals surface area contributed by atoms with Crippen LogP contribution in [0, 0.1) is 0 Å². The third kappa shape index (κ3) is 4.04. The van der Waals surface area contributed by atoms with Gasteiger partial charge in [0, 0.05) is 31.1 Å². The van der Waals surface area contributed by atoms with Crippen LogP contribution >= 0.6 is 0 Å². The van der Waals surface area contributed by atoms with Crippen LogP contribution in [0.1, 0.15) is 41.9 Å². The van der Waals surface area contributed by atoms with E-state index in [1.165, 1.54) is 12.1 Å². The minimum Gasteiger partial charge on any atom is -0.440 e. The maximum absolute atomic E-state index is 12.8. The van der Waals surface area contributed by atoms with Crippen molar-refractivity contribution in [1.29, 1.82) is 0 Å². The van der Waals surface area contributed by atoms with Crippen LogP contribution in [0.15, 0.2) is 57.8 Å². The Hall–Kier alpha value is -2.71. The molecule has 2 aromatic carbocycles. The van der Waals surface area contributed by atoms with Gasteiger partial charge in [-0.3, -0.25) is 4.79 Å². The van der Waals surface area contributed by atoms with Crippen LogP contribution in [-0.2, 0) is 10.0 Å². The number of carbonyl (C=O) groups is 1. The molecule has 0 atom stereocenters. The van der Waals surface area contributed by atoms with E-state index >= 15 is 0 Å². The number of likely N-dealkylation sites (tertiary alicyclic amines) is 1. The predicted octanol–water partition coefficient (Wildman–Crippen LogP) is 3.15. The molecule has 7 nitrogen and oxygen atoms in total. The quantitative estimate of drug-likeness (QED) is 0.694. The fourth-order valence-electron chi connectivity index (χ4n) is 3.63. The first kappa shape index (κ1) is 19.6. The number of amides is 1. The molecule has 0 aliphatic carbocycles. The van der Waals surface area contributed by atoms with Gasteiger partial charge in [-0.15, -0.1) is 0 Å². The van der Waals surface area contributed by atoms with E-state index in [0.717, 1.165) is 29.8 Å². The zero-order valence-electron chi connectivity index (χ0n) is 16.2. The molecule has 0 spiro atoms. The summed E-state index contributed by atoms with van der Waals surface area (Å²) in [4.78, 5) is 19.3. The number of sulfonamides is 1. The Bertz CT molecular complexity index is 1080. The lowest BCUT2D eigenvalue weighted by Crippen LogP contribution is -2.38. The molecule has 1 N–H and O–H groups in total. The van der Waals surface area contributed by atoms with Crippen molar-refractivity contribution in [3.05, 3.63) is 60.0 Å². The summed E-state index contributed by atoms with van der Waals surface area (Å²) < 4.78 is 32.4. The third-order valence-electron chi connectivity index (χ3n) is 5.19. The normalized spacial score (nSPS) is 15.7. The van der Waals surface area contributed by atoms with E-state index in [9.17, 15) is 13.2 Å². The van der Waals surface area contributed by atoms with Crippen LogP contribution < -0.4 is 4.72 Å². The minimum absolute atomic E-state index is 0.0894. The summed E-state index contributed by atoms with van der Waals surface area (Å²) in [5.41, 5.74) is 2.13. The minimum atomic E-state index is -3.52. The molecule has 1 saturated heterocycles. The maximum Gasteiger partial charge on any atom is 0.253 e. The molecule has 2 heterocycles. The van der Waals surface area contributed by atoms with Gasteiger partial charge < -0.3 is 9.32 Å². The summed E-state index contributed by atoms with van der Waals surface area (Å²) in [6, 6.07) is 13.8. The van der Waals surface area contributed by atoms with Crippen molar-refractivity contribution in [1.82, 2.24) is 14.6 Å². The first-order chi connectivity index (χ1) is 14.0. The van der Waals surface area contributed by atoms with Gasteiger partial charge in [0.15, 0.2) is 11.5 Å². The number of fused-ring (bicyclic) bond motifs is 1. The van der Waals surface area contributed by atoms with Gasteiger partial charge in [0.05, 0.1) is 4.90 Å². The molecule has 1 aliphatic rings. The molecule has 0 bridgehead atoms. The first-order valence-electron chi connectivity index (χ1n) is 9.72. The zero-order chi connectivity index (χ0) is 20.4. The first-order valence-corrected chi connectivity index (χ1v) is 11.2. The van der Waals surface area contributed by atoms with Crippen molar-refractivity contribution in [3.8, 4) is 0 Å². The Morgan fingerprint density at radius 3 is 2.48 bits per heavy atom. The molecular weight excluding hydrogens is 390 g/mol. The SMILES string of the molecule is CCNS(=O)(=O)c1ccc(C(=O)N2CCC(c3nc4ccccc4o3)CC2)cc1. The highest BCUT2D eigenvalue weighted by Gasteiger charge is 2.27. The van der Waals surface area contributed by atoms with Crippen molar-refractivity contribution in [2.24, 2.45) is 0 Å². The monoisotopic (exact) mass is 413 g/mol. The number of oxazole rings is 1. The number of hydrogen-bond acceptors (Lipinski definition) is 5. The topological polar surface area (TPSA) is 92.5 Å². The molecule has 0 unspecified atom stereocenters. The van der Waals surface area contributed by atoms with E-state index in [-0.39, 0.29) is 16.7 Å². The lowest BCUT2D eigenvalue weighted by molar-refractivity contribution is 0.0706. The lowest BCUT2D eigenvalue weighted by Gasteiger charge is -2.30. The van der Waals surface area contributed by atoms with Gasteiger partial charge in [-0.25, -0.2) is 18.1 Å². The van der Waals surface area contributed by atoms with Crippen LogP contribution in [0.25, 0.3) is 11.1 Å². The van der Waals surface area contributed by atoms with Gasteiger partial charge in [0.2, 0.25) is 10.0 Å². The predicted molar refractivity (Wildman–Crippen MR) is 109 cm³/mol. The number of piperidine rings is 1. The highest BCUT2D eigenvalue weighted by atomic mass is 32.2. The van der Waals surface area contributed by atoms with Crippen molar-refractivity contribution >= 4 is 27.0 Å². The van der Waals surface area contributed by atoms with Crippen molar-refractivity contribution in [2.75, 3.05) is 19.6 Å². The highest BCUT2D eigenvalue weighted by molar-refractivity contribution is 7.89. The standard InChI is InChI=1S/C21H23N3O4S/c1-2-22-29(26,27)17-9-7-16(8-10-17)21(25)24-13-11-15(12-14-24)20-23-18-5-3-4-6-19(18)28-20/h3-10,15,22H,2,11-14H2,1H3. The van der Waals surface area contributed by atoms with Gasteiger partial charge >= 0.3 is 0 Å². The number of hydrogen-bond donors (Lipinski definition) is 1. The summed E-state index contributed by atoms with van der Waals surface area (Å²) in [6.07, 6.45) is 1.57. The van der Waals surface area contributed by atoms with Crippen LogP contribution in [0.3, 0.4) is 0 Å². The zero-order valence-corrected chi connectivity index (χ0v) is 17.0. The molecule has 8 heteroatoms. The van der Waals surface area contributed by atoms with Gasteiger partial charge in [-0.1, -0.05) is 19.1 Å². The van der Waals surface area contributed by atoms with E-state index in [4.69, 9.17) is 4.42 Å². The van der Waals surface area contributed by atoms with Crippen LogP contribution in [0.5, 0.6) is 0 Å². The molecule has 1 aromatic heterocycles. The fraction of sp³-hybridized carbons (Fsp3) is 0.333. The van der Waals surface area contributed by atoms with Crippen molar-refractivity contribution in [3.63, 3.8) is 0 Å². The summed E-state index contributed by atoms with van der Waals surface area (Å²) in [7, 11) is -3.52. The van der Waals surface area contributed by atoms with Gasteiger partial charge in [0.25, 0.3) is 5.91 Å². The van der Waals surface area contributed by atoms with Gasteiger partial charge in [0.1, 0.15) is 5.52 Å². The summed E-state index contributed by atoms with van der Waals surface area (Å²) in [6.45, 7) is 3.26. The van der Waals surface area contributed by atoms with E-state index in [2.05, 4.69) is 9.71 Å². The molecule has 1 amide bonds. The Kier molecular flexibility index (Phi) is 5.38. The second kappa shape index (κ2) is 7.96. The number of carbonyl (C=O) groups excluding carboxylic acids is 1. The molecule has 0 radical (unpaired) electrons. The lowest BCUT2D eigenvalue weighted by atomic mass is 9.96. The number of aromatic nitrogens is 1. The molecule has 1 aliphatic heterocycles. The van der Waals surface area contributed by atoms with Crippen LogP contribution in [0.2, 0.25) is 0 Å². The summed E-state index contributed by atoms with van der Waals surface area (Å²) >= 11 is 0. The average molecular weight is 413 g/mol. The van der Waals surface area contributed by atoms with E-state index < -0.39 is 10.0 Å². The average Bonchev–Trinajstić information content (AvgIpc) is 3.18. The number of rotatable bonds is 5. The second-order valence-corrected chi connectivity index (χ2v) is 8.88. The number of nitrogens with one attached hydrogen (secondary N) is 1. The van der Waals surface area contributed by atoms with Gasteiger partial charge in [-0.05, 0) is 49.2 Å². The van der Waals surface area contributed by atoms with Crippen LogP contribution in [-0.4, -0.2) is 43.8 Å². The third-order valence-corrected chi connectivity index (χ3v) is 6.75. The summed E-state index contributed by atoms with van der Waals surface area (Å²) in [5.74, 6) is 0.837. The maximum atomic E-state index is 12.8. The Labute approximate surface area is 169 Å². The van der Waals surface area contributed by atoms with E-state index in [1.54, 1.807) is 24.0 Å². The molecular formula is C21H23N3O4S. The molecule has 1 fully saturated rings. The number of nitrogens with zero attached hydrogens (tertiary/aromatic N) is 2. The summed E-state index contributed by atoms with van der Waals surface area (Å²) in [5, 5.41) is 0. The Balaban J connectivity index is 1.41. The largest absolute Gasteiger partial charge is 0.440 e. The van der Waals surface area contributed by atoms with Crippen LogP contribution in [0.4, 0.5) is 0 Å². The smallest absolute Gasteiger partial charge is 0.253 e. The Morgan fingerprint density at radius 1 is 1.14 bits per heavy atom.